The molecule has 0 spiro atoms. The Morgan fingerprint density at radius 3 is 2.21 bits per heavy atom. The van der Waals surface area contributed by atoms with Crippen LogP contribution in [0.15, 0.2) is 24.3 Å². The summed E-state index contributed by atoms with van der Waals surface area (Å²) in [6.45, 7) is 7.71. The van der Waals surface area contributed by atoms with Gasteiger partial charge >= 0.3 is 0 Å². The fraction of sp³-hybridized carbons (Fsp3) is 0.625. The van der Waals surface area contributed by atoms with Crippen LogP contribution in [0.3, 0.4) is 0 Å². The average molecular weight is 285 g/mol. The summed E-state index contributed by atoms with van der Waals surface area (Å²) >= 11 is 6.07. The molecule has 1 unspecified atom stereocenters. The van der Waals surface area contributed by atoms with Gasteiger partial charge in [0.15, 0.2) is 11.5 Å². The van der Waals surface area contributed by atoms with Gasteiger partial charge in [0, 0.05) is 5.88 Å². The van der Waals surface area contributed by atoms with Crippen molar-refractivity contribution in [3.05, 3.63) is 24.3 Å². The molecule has 0 aliphatic carbocycles. The van der Waals surface area contributed by atoms with Crippen LogP contribution >= 0.6 is 11.6 Å². The SMILES string of the molecule is CCCC(C)(CCl)CCOc1ccccc1OCC. The molecule has 0 bridgehead atoms. The smallest absolute Gasteiger partial charge is 0.161 e. The first-order valence-electron chi connectivity index (χ1n) is 7.06. The number of para-hydroxylation sites is 2. The van der Waals surface area contributed by atoms with Gasteiger partial charge in [-0.15, -0.1) is 11.6 Å². The Morgan fingerprint density at radius 1 is 1.05 bits per heavy atom. The molecule has 0 aliphatic rings. The molecule has 1 aromatic carbocycles. The highest BCUT2D eigenvalue weighted by atomic mass is 35.5. The van der Waals surface area contributed by atoms with E-state index in [1.807, 2.05) is 31.2 Å². The van der Waals surface area contributed by atoms with Gasteiger partial charge in [-0.2, -0.15) is 0 Å². The zero-order chi connectivity index (χ0) is 14.1. The van der Waals surface area contributed by atoms with Gasteiger partial charge in [0.2, 0.25) is 0 Å². The highest BCUT2D eigenvalue weighted by Gasteiger charge is 2.22. The van der Waals surface area contributed by atoms with Gasteiger partial charge in [-0.1, -0.05) is 32.4 Å². The first-order valence-corrected chi connectivity index (χ1v) is 7.59. The lowest BCUT2D eigenvalue weighted by atomic mass is 9.85. The lowest BCUT2D eigenvalue weighted by Crippen LogP contribution is -2.21. The molecule has 19 heavy (non-hydrogen) atoms. The Bertz CT molecular complexity index is 368. The third-order valence-corrected chi connectivity index (χ3v) is 3.93. The van der Waals surface area contributed by atoms with Crippen LogP contribution in [0.4, 0.5) is 0 Å². The predicted octanol–water partition coefficient (Wildman–Crippen LogP) is 4.90. The third-order valence-electron chi connectivity index (χ3n) is 3.29. The third kappa shape index (κ3) is 5.32. The van der Waals surface area contributed by atoms with E-state index in [0.717, 1.165) is 30.8 Å². The van der Waals surface area contributed by atoms with Crippen molar-refractivity contribution in [3.8, 4) is 11.5 Å². The Labute approximate surface area is 122 Å². The van der Waals surface area contributed by atoms with E-state index in [0.29, 0.717) is 19.1 Å². The molecule has 0 aliphatic heterocycles. The Kier molecular flexibility index (Phi) is 7.07. The second kappa shape index (κ2) is 8.31. The monoisotopic (exact) mass is 284 g/mol. The van der Waals surface area contributed by atoms with Crippen LogP contribution in [-0.2, 0) is 0 Å². The lowest BCUT2D eigenvalue weighted by molar-refractivity contribution is 0.210. The minimum Gasteiger partial charge on any atom is -0.490 e. The van der Waals surface area contributed by atoms with Crippen molar-refractivity contribution in [1.29, 1.82) is 0 Å². The number of ether oxygens (including phenoxy) is 2. The van der Waals surface area contributed by atoms with Crippen LogP contribution in [0.5, 0.6) is 11.5 Å². The second-order valence-corrected chi connectivity index (χ2v) is 5.44. The zero-order valence-corrected chi connectivity index (χ0v) is 13.0. The molecule has 0 saturated heterocycles. The zero-order valence-electron chi connectivity index (χ0n) is 12.2. The van der Waals surface area contributed by atoms with Gasteiger partial charge in [-0.05, 0) is 37.3 Å². The maximum atomic E-state index is 6.07. The quantitative estimate of drug-likeness (QED) is 0.601. The molecule has 0 heterocycles. The Hall–Kier alpha value is -0.890. The maximum absolute atomic E-state index is 6.07. The molecular weight excluding hydrogens is 260 g/mol. The van der Waals surface area contributed by atoms with E-state index < -0.39 is 0 Å². The summed E-state index contributed by atoms with van der Waals surface area (Å²) in [4.78, 5) is 0. The van der Waals surface area contributed by atoms with Crippen molar-refractivity contribution in [2.75, 3.05) is 19.1 Å². The van der Waals surface area contributed by atoms with E-state index in [1.54, 1.807) is 0 Å². The minimum atomic E-state index is 0.164. The molecule has 3 heteroatoms. The summed E-state index contributed by atoms with van der Waals surface area (Å²) < 4.78 is 11.4. The number of rotatable bonds is 9. The molecule has 2 nitrogen and oxygen atoms in total. The molecule has 0 fully saturated rings. The molecule has 1 atom stereocenters. The summed E-state index contributed by atoms with van der Waals surface area (Å²) in [5, 5.41) is 0. The normalized spacial score (nSPS) is 13.9. The van der Waals surface area contributed by atoms with Crippen LogP contribution in [0.2, 0.25) is 0 Å². The largest absolute Gasteiger partial charge is 0.490 e. The molecular formula is C16H25ClO2. The highest BCUT2D eigenvalue weighted by Crippen LogP contribution is 2.31. The summed E-state index contributed by atoms with van der Waals surface area (Å²) in [7, 11) is 0. The first kappa shape index (κ1) is 16.2. The van der Waals surface area contributed by atoms with E-state index in [1.165, 1.54) is 0 Å². The number of hydrogen-bond donors (Lipinski definition) is 0. The van der Waals surface area contributed by atoms with Crippen molar-refractivity contribution < 1.29 is 9.47 Å². The van der Waals surface area contributed by atoms with Crippen LogP contribution in [0.1, 0.15) is 40.0 Å². The minimum absolute atomic E-state index is 0.164. The maximum Gasteiger partial charge on any atom is 0.161 e. The van der Waals surface area contributed by atoms with Gasteiger partial charge in [-0.3, -0.25) is 0 Å². The molecule has 0 N–H and O–H groups in total. The van der Waals surface area contributed by atoms with E-state index in [9.17, 15) is 0 Å². The van der Waals surface area contributed by atoms with Crippen LogP contribution in [0, 0.1) is 5.41 Å². The first-order chi connectivity index (χ1) is 9.15. The fourth-order valence-electron chi connectivity index (χ4n) is 2.11. The van der Waals surface area contributed by atoms with Crippen LogP contribution < -0.4 is 9.47 Å². The van der Waals surface area contributed by atoms with Gasteiger partial charge in [-0.25, -0.2) is 0 Å². The molecule has 0 aromatic heterocycles. The van der Waals surface area contributed by atoms with Crippen molar-refractivity contribution in [2.45, 2.75) is 40.0 Å². The fourth-order valence-corrected chi connectivity index (χ4v) is 2.38. The van der Waals surface area contributed by atoms with E-state index in [-0.39, 0.29) is 5.41 Å². The lowest BCUT2D eigenvalue weighted by Gasteiger charge is -2.26. The van der Waals surface area contributed by atoms with Gasteiger partial charge in [0.1, 0.15) is 0 Å². The Balaban J connectivity index is 2.52. The van der Waals surface area contributed by atoms with Crippen molar-refractivity contribution in [1.82, 2.24) is 0 Å². The number of hydrogen-bond acceptors (Lipinski definition) is 2. The molecule has 1 rings (SSSR count). The molecule has 0 radical (unpaired) electrons. The van der Waals surface area contributed by atoms with E-state index >= 15 is 0 Å². The summed E-state index contributed by atoms with van der Waals surface area (Å²) in [5.41, 5.74) is 0.164. The summed E-state index contributed by atoms with van der Waals surface area (Å²) in [6.07, 6.45) is 3.25. The van der Waals surface area contributed by atoms with Crippen LogP contribution in [0.25, 0.3) is 0 Å². The van der Waals surface area contributed by atoms with Crippen molar-refractivity contribution in [3.63, 3.8) is 0 Å². The van der Waals surface area contributed by atoms with Gasteiger partial charge in [0.25, 0.3) is 0 Å². The van der Waals surface area contributed by atoms with Crippen molar-refractivity contribution in [2.24, 2.45) is 5.41 Å². The van der Waals surface area contributed by atoms with Gasteiger partial charge in [0.05, 0.1) is 13.2 Å². The van der Waals surface area contributed by atoms with Gasteiger partial charge < -0.3 is 9.47 Å². The highest BCUT2D eigenvalue weighted by molar-refractivity contribution is 6.18. The number of halogens is 1. The molecule has 0 saturated carbocycles. The number of benzene rings is 1. The van der Waals surface area contributed by atoms with E-state index in [2.05, 4.69) is 13.8 Å². The topological polar surface area (TPSA) is 18.5 Å². The predicted molar refractivity (Wildman–Crippen MR) is 81.5 cm³/mol. The Morgan fingerprint density at radius 2 is 1.68 bits per heavy atom. The molecule has 108 valence electrons. The second-order valence-electron chi connectivity index (χ2n) is 5.17. The van der Waals surface area contributed by atoms with Crippen molar-refractivity contribution >= 4 is 11.6 Å². The average Bonchev–Trinajstić information content (AvgIpc) is 2.41. The summed E-state index contributed by atoms with van der Waals surface area (Å²) in [6, 6.07) is 7.80. The molecule has 1 aromatic rings. The summed E-state index contributed by atoms with van der Waals surface area (Å²) in [5.74, 6) is 2.31. The molecule has 0 amide bonds. The standard InChI is InChI=1S/C16H25ClO2/c1-4-10-16(3,13-17)11-12-19-15-9-7-6-8-14(15)18-5-2/h6-9H,4-5,10-13H2,1-3H3. The van der Waals surface area contributed by atoms with Crippen LogP contribution in [-0.4, -0.2) is 19.1 Å². The van der Waals surface area contributed by atoms with E-state index in [4.69, 9.17) is 21.1 Å². The number of alkyl halides is 1.